The van der Waals surface area contributed by atoms with Gasteiger partial charge in [-0.05, 0) is 56.0 Å². The van der Waals surface area contributed by atoms with Crippen LogP contribution in [0, 0.1) is 19.8 Å². The molecule has 3 rings (SSSR count). The predicted molar refractivity (Wildman–Crippen MR) is 112 cm³/mol. The van der Waals surface area contributed by atoms with Crippen LogP contribution in [0.25, 0.3) is 6.08 Å². The van der Waals surface area contributed by atoms with Gasteiger partial charge in [0.1, 0.15) is 5.82 Å². The van der Waals surface area contributed by atoms with Crippen molar-refractivity contribution in [2.75, 3.05) is 18.4 Å². The first-order valence-corrected chi connectivity index (χ1v) is 9.77. The number of aromatic nitrogens is 1. The third-order valence-electron chi connectivity index (χ3n) is 4.99. The normalized spacial score (nSPS) is 15.0. The quantitative estimate of drug-likeness (QED) is 0.785. The second-order valence-electron chi connectivity index (χ2n) is 7.14. The lowest BCUT2D eigenvalue weighted by Gasteiger charge is -2.30. The predicted octanol–water partition coefficient (Wildman–Crippen LogP) is 4.24. The number of likely N-dealkylation sites (tertiary alicyclic amines) is 1. The zero-order chi connectivity index (χ0) is 20.1. The first-order valence-electron chi connectivity index (χ1n) is 9.39. The van der Waals surface area contributed by atoms with Crippen LogP contribution in [0.4, 0.5) is 5.82 Å². The smallest absolute Gasteiger partial charge is 0.246 e. The van der Waals surface area contributed by atoms with Crippen molar-refractivity contribution in [3.63, 3.8) is 0 Å². The standard InChI is InChI=1S/C22H24ClN3O2/c1-15-3-4-17(16(2)13-15)5-8-21(27)26-11-9-18(10-12-26)22(28)25-20-7-6-19(23)14-24-20/h3-8,13-14,18H,9-12H2,1-2H3,(H,24,25,28)/b8-5+. The van der Waals surface area contributed by atoms with Crippen LogP contribution < -0.4 is 5.32 Å². The Balaban J connectivity index is 1.51. The van der Waals surface area contributed by atoms with Gasteiger partial charge in [0.25, 0.3) is 0 Å². The molecule has 6 heteroatoms. The van der Waals surface area contributed by atoms with Crippen molar-refractivity contribution in [1.29, 1.82) is 0 Å². The van der Waals surface area contributed by atoms with Gasteiger partial charge in [-0.25, -0.2) is 4.98 Å². The molecule has 0 unspecified atom stereocenters. The van der Waals surface area contributed by atoms with Gasteiger partial charge in [0.05, 0.1) is 5.02 Å². The number of hydrogen-bond acceptors (Lipinski definition) is 3. The van der Waals surface area contributed by atoms with Crippen molar-refractivity contribution in [3.8, 4) is 0 Å². The molecule has 1 fully saturated rings. The Labute approximate surface area is 170 Å². The number of nitrogens with one attached hydrogen (secondary N) is 1. The fourth-order valence-corrected chi connectivity index (χ4v) is 3.43. The Hall–Kier alpha value is -2.66. The number of aryl methyl sites for hydroxylation is 2. The topological polar surface area (TPSA) is 62.3 Å². The molecule has 0 atom stereocenters. The second kappa shape index (κ2) is 9.02. The van der Waals surface area contributed by atoms with Gasteiger partial charge in [0, 0.05) is 31.3 Å². The van der Waals surface area contributed by atoms with Crippen molar-refractivity contribution in [3.05, 3.63) is 64.3 Å². The summed E-state index contributed by atoms with van der Waals surface area (Å²) in [6, 6.07) is 9.53. The molecule has 0 aliphatic carbocycles. The minimum Gasteiger partial charge on any atom is -0.339 e. The molecule has 0 saturated carbocycles. The molecule has 2 heterocycles. The number of benzene rings is 1. The van der Waals surface area contributed by atoms with Gasteiger partial charge in [0.15, 0.2) is 0 Å². The van der Waals surface area contributed by atoms with Crippen molar-refractivity contribution >= 4 is 35.3 Å². The molecule has 2 aromatic rings. The number of amides is 2. The van der Waals surface area contributed by atoms with Crippen LogP contribution in [-0.4, -0.2) is 34.8 Å². The Bertz CT molecular complexity index is 885. The number of carbonyl (C=O) groups is 2. The van der Waals surface area contributed by atoms with Crippen LogP contribution in [0.2, 0.25) is 5.02 Å². The lowest BCUT2D eigenvalue weighted by molar-refractivity contribution is -0.130. The molecule has 0 radical (unpaired) electrons. The SMILES string of the molecule is Cc1ccc(/C=C/C(=O)N2CCC(C(=O)Nc3ccc(Cl)cn3)CC2)c(C)c1. The van der Waals surface area contributed by atoms with E-state index < -0.39 is 0 Å². The molecule has 1 aliphatic heterocycles. The molecule has 1 aromatic heterocycles. The third-order valence-corrected chi connectivity index (χ3v) is 5.21. The summed E-state index contributed by atoms with van der Waals surface area (Å²) in [6.07, 6.45) is 6.27. The zero-order valence-electron chi connectivity index (χ0n) is 16.1. The van der Waals surface area contributed by atoms with Crippen LogP contribution >= 0.6 is 11.6 Å². The van der Waals surface area contributed by atoms with E-state index in [9.17, 15) is 9.59 Å². The molecule has 1 aliphatic rings. The van der Waals surface area contributed by atoms with Gasteiger partial charge >= 0.3 is 0 Å². The Morgan fingerprint density at radius 1 is 1.18 bits per heavy atom. The number of hydrogen-bond donors (Lipinski definition) is 1. The fourth-order valence-electron chi connectivity index (χ4n) is 3.32. The van der Waals surface area contributed by atoms with Gasteiger partial charge in [-0.2, -0.15) is 0 Å². The third kappa shape index (κ3) is 5.20. The summed E-state index contributed by atoms with van der Waals surface area (Å²) in [5.41, 5.74) is 3.40. The maximum Gasteiger partial charge on any atom is 0.246 e. The molecule has 1 N–H and O–H groups in total. The highest BCUT2D eigenvalue weighted by atomic mass is 35.5. The van der Waals surface area contributed by atoms with E-state index >= 15 is 0 Å². The van der Waals surface area contributed by atoms with Gasteiger partial charge in [-0.15, -0.1) is 0 Å². The van der Waals surface area contributed by atoms with Crippen LogP contribution in [-0.2, 0) is 9.59 Å². The summed E-state index contributed by atoms with van der Waals surface area (Å²) < 4.78 is 0. The molecular weight excluding hydrogens is 374 g/mol. The summed E-state index contributed by atoms with van der Waals surface area (Å²) in [6.45, 7) is 5.23. The zero-order valence-corrected chi connectivity index (χ0v) is 16.9. The lowest BCUT2D eigenvalue weighted by atomic mass is 9.95. The highest BCUT2D eigenvalue weighted by molar-refractivity contribution is 6.30. The van der Waals surface area contributed by atoms with Crippen molar-refractivity contribution in [2.24, 2.45) is 5.92 Å². The summed E-state index contributed by atoms with van der Waals surface area (Å²) in [5.74, 6) is 0.292. The largest absolute Gasteiger partial charge is 0.339 e. The summed E-state index contributed by atoms with van der Waals surface area (Å²) in [7, 11) is 0. The Morgan fingerprint density at radius 2 is 1.93 bits per heavy atom. The highest BCUT2D eigenvalue weighted by Gasteiger charge is 2.26. The number of pyridine rings is 1. The number of anilines is 1. The summed E-state index contributed by atoms with van der Waals surface area (Å²) >= 11 is 5.80. The number of halogens is 1. The maximum absolute atomic E-state index is 12.5. The molecule has 1 aromatic carbocycles. The van der Waals surface area contributed by atoms with Gasteiger partial charge in [-0.3, -0.25) is 9.59 Å². The van der Waals surface area contributed by atoms with Crippen LogP contribution in [0.1, 0.15) is 29.5 Å². The highest BCUT2D eigenvalue weighted by Crippen LogP contribution is 2.20. The molecule has 1 saturated heterocycles. The van der Waals surface area contributed by atoms with Crippen molar-refractivity contribution in [1.82, 2.24) is 9.88 Å². The van der Waals surface area contributed by atoms with E-state index in [2.05, 4.69) is 23.3 Å². The maximum atomic E-state index is 12.5. The van der Waals surface area contributed by atoms with E-state index in [1.165, 1.54) is 11.8 Å². The lowest BCUT2D eigenvalue weighted by Crippen LogP contribution is -2.40. The number of carbonyl (C=O) groups excluding carboxylic acids is 2. The van der Waals surface area contributed by atoms with Gasteiger partial charge in [0.2, 0.25) is 11.8 Å². The van der Waals surface area contributed by atoms with E-state index in [1.54, 1.807) is 23.1 Å². The number of nitrogens with zero attached hydrogens (tertiary/aromatic N) is 2. The average Bonchev–Trinajstić information content (AvgIpc) is 2.69. The Kier molecular flexibility index (Phi) is 6.47. The van der Waals surface area contributed by atoms with E-state index in [4.69, 9.17) is 11.6 Å². The minimum atomic E-state index is -0.121. The number of rotatable bonds is 4. The number of piperidine rings is 1. The molecule has 5 nitrogen and oxygen atoms in total. The van der Waals surface area contributed by atoms with Crippen LogP contribution in [0.5, 0.6) is 0 Å². The molecule has 2 amide bonds. The van der Waals surface area contributed by atoms with E-state index in [-0.39, 0.29) is 17.7 Å². The average molecular weight is 398 g/mol. The van der Waals surface area contributed by atoms with Gasteiger partial charge < -0.3 is 10.2 Å². The van der Waals surface area contributed by atoms with E-state index in [0.29, 0.717) is 36.8 Å². The molecule has 28 heavy (non-hydrogen) atoms. The molecule has 146 valence electrons. The first kappa shape index (κ1) is 20.1. The summed E-state index contributed by atoms with van der Waals surface area (Å²) in [4.78, 5) is 30.7. The van der Waals surface area contributed by atoms with Crippen molar-refractivity contribution in [2.45, 2.75) is 26.7 Å². The van der Waals surface area contributed by atoms with Crippen LogP contribution in [0.3, 0.4) is 0 Å². The minimum absolute atomic E-state index is 0.0156. The second-order valence-corrected chi connectivity index (χ2v) is 7.58. The Morgan fingerprint density at radius 3 is 2.57 bits per heavy atom. The molecule has 0 bridgehead atoms. The molecular formula is C22H24ClN3O2. The fraction of sp³-hybridized carbons (Fsp3) is 0.318. The summed E-state index contributed by atoms with van der Waals surface area (Å²) in [5, 5.41) is 3.34. The van der Waals surface area contributed by atoms with Crippen LogP contribution in [0.15, 0.2) is 42.6 Å². The van der Waals surface area contributed by atoms with E-state index in [1.807, 2.05) is 25.1 Å². The van der Waals surface area contributed by atoms with Crippen molar-refractivity contribution < 1.29 is 9.59 Å². The van der Waals surface area contributed by atoms with E-state index in [0.717, 1.165) is 11.1 Å². The molecule has 0 spiro atoms. The first-order chi connectivity index (χ1) is 13.4. The monoisotopic (exact) mass is 397 g/mol. The van der Waals surface area contributed by atoms with Gasteiger partial charge in [-0.1, -0.05) is 35.4 Å².